The highest BCUT2D eigenvalue weighted by molar-refractivity contribution is 7.89. The minimum atomic E-state index is -4.86. The number of alkyl halides is 3. The molecule has 0 spiro atoms. The summed E-state index contributed by atoms with van der Waals surface area (Å²) in [5.74, 6) is -1.03. The fraction of sp³-hybridized carbons (Fsp3) is 0.133. The predicted molar refractivity (Wildman–Crippen MR) is 80.1 cm³/mol. The van der Waals surface area contributed by atoms with Gasteiger partial charge >= 0.3 is 6.18 Å². The maximum Gasteiger partial charge on any atom is 0.417 e. The lowest BCUT2D eigenvalue weighted by Gasteiger charge is -2.18. The minimum absolute atomic E-state index is 0.220. The molecule has 2 rings (SSSR count). The molecule has 0 aliphatic heterocycles. The number of hydrogen-bond acceptors (Lipinski definition) is 3. The number of carbonyl (C=O) groups excluding carboxylic acids is 1. The quantitative estimate of drug-likeness (QED) is 0.859. The topological polar surface area (TPSA) is 89.3 Å². The van der Waals surface area contributed by atoms with E-state index in [9.17, 15) is 26.4 Å². The zero-order chi connectivity index (χ0) is 18.0. The lowest BCUT2D eigenvalue weighted by molar-refractivity contribution is -0.139. The zero-order valence-electron chi connectivity index (χ0n) is 12.1. The molecule has 0 saturated carbocycles. The lowest BCUT2D eigenvalue weighted by atomic mass is 10.1. The van der Waals surface area contributed by atoms with E-state index in [2.05, 4.69) is 0 Å². The number of hydrogen-bond donors (Lipinski definition) is 2. The smallest absolute Gasteiger partial charge is 0.368 e. The molecular weight excluding hydrogens is 345 g/mol. The van der Waals surface area contributed by atoms with Gasteiger partial charge in [-0.25, -0.2) is 8.42 Å². The van der Waals surface area contributed by atoms with Crippen LogP contribution in [0.15, 0.2) is 59.5 Å². The third-order valence-corrected chi connectivity index (χ3v) is 4.65. The Kier molecular flexibility index (Phi) is 4.95. The number of nitrogens with one attached hydrogen (secondary N) is 1. The van der Waals surface area contributed by atoms with Crippen molar-refractivity contribution in [2.45, 2.75) is 17.1 Å². The number of amides is 1. The molecule has 0 aliphatic carbocycles. The number of primary amides is 1. The van der Waals surface area contributed by atoms with Crippen molar-refractivity contribution >= 4 is 15.9 Å². The largest absolute Gasteiger partial charge is 0.417 e. The van der Waals surface area contributed by atoms with Crippen LogP contribution in [0.5, 0.6) is 0 Å². The second-order valence-corrected chi connectivity index (χ2v) is 6.54. The van der Waals surface area contributed by atoms with Gasteiger partial charge < -0.3 is 5.73 Å². The second-order valence-electron chi connectivity index (χ2n) is 4.86. The van der Waals surface area contributed by atoms with Crippen molar-refractivity contribution in [3.8, 4) is 0 Å². The SMILES string of the molecule is NC(=O)[C@H](NS(=O)(=O)c1ccccc1C(F)(F)F)c1ccccc1. The fourth-order valence-electron chi connectivity index (χ4n) is 2.09. The molecule has 2 aromatic carbocycles. The number of sulfonamides is 1. The van der Waals surface area contributed by atoms with Gasteiger partial charge in [-0.15, -0.1) is 0 Å². The van der Waals surface area contributed by atoms with Gasteiger partial charge in [0.2, 0.25) is 15.9 Å². The normalized spacial score (nSPS) is 13.5. The van der Waals surface area contributed by atoms with E-state index in [0.29, 0.717) is 6.07 Å². The van der Waals surface area contributed by atoms with Gasteiger partial charge in [0.1, 0.15) is 6.04 Å². The van der Waals surface area contributed by atoms with Crippen LogP contribution in [0.3, 0.4) is 0 Å². The molecular formula is C15H13F3N2O3S. The Labute approximate surface area is 136 Å². The van der Waals surface area contributed by atoms with Gasteiger partial charge in [0, 0.05) is 0 Å². The monoisotopic (exact) mass is 358 g/mol. The molecule has 9 heteroatoms. The van der Waals surface area contributed by atoms with Crippen LogP contribution < -0.4 is 10.5 Å². The molecule has 1 amide bonds. The van der Waals surface area contributed by atoms with E-state index >= 15 is 0 Å². The molecule has 3 N–H and O–H groups in total. The van der Waals surface area contributed by atoms with Gasteiger partial charge in [0.05, 0.1) is 10.5 Å². The van der Waals surface area contributed by atoms with E-state index in [0.717, 1.165) is 18.2 Å². The predicted octanol–water partition coefficient (Wildman–Crippen LogP) is 2.21. The van der Waals surface area contributed by atoms with Crippen LogP contribution in [0.25, 0.3) is 0 Å². The average Bonchev–Trinajstić information content (AvgIpc) is 2.52. The number of nitrogens with two attached hydrogens (primary N) is 1. The Balaban J connectivity index is 2.47. The summed E-state index contributed by atoms with van der Waals surface area (Å²) >= 11 is 0. The summed E-state index contributed by atoms with van der Waals surface area (Å²) in [4.78, 5) is 10.6. The molecule has 0 heterocycles. The third kappa shape index (κ3) is 3.92. The van der Waals surface area contributed by atoms with E-state index in [1.807, 2.05) is 4.72 Å². The molecule has 0 bridgehead atoms. The van der Waals surface area contributed by atoms with E-state index in [1.165, 1.54) is 12.1 Å². The molecule has 5 nitrogen and oxygen atoms in total. The van der Waals surface area contributed by atoms with Crippen LogP contribution in [0.1, 0.15) is 17.2 Å². The van der Waals surface area contributed by atoms with Crippen molar-refractivity contribution in [2.24, 2.45) is 5.73 Å². The molecule has 0 radical (unpaired) electrons. The number of rotatable bonds is 5. The van der Waals surface area contributed by atoms with E-state index in [4.69, 9.17) is 5.73 Å². The van der Waals surface area contributed by atoms with E-state index in [-0.39, 0.29) is 5.56 Å². The summed E-state index contributed by atoms with van der Waals surface area (Å²) in [5, 5.41) is 0. The maximum atomic E-state index is 13.0. The summed E-state index contributed by atoms with van der Waals surface area (Å²) in [6, 6.07) is 9.81. The molecule has 0 saturated heterocycles. The van der Waals surface area contributed by atoms with Crippen LogP contribution in [0.2, 0.25) is 0 Å². The van der Waals surface area contributed by atoms with Crippen LogP contribution in [-0.4, -0.2) is 14.3 Å². The van der Waals surface area contributed by atoms with Crippen LogP contribution in [0.4, 0.5) is 13.2 Å². The summed E-state index contributed by atoms with van der Waals surface area (Å²) in [6.07, 6.45) is -4.86. The van der Waals surface area contributed by atoms with E-state index in [1.54, 1.807) is 18.2 Å². The first kappa shape index (κ1) is 18.0. The maximum absolute atomic E-state index is 13.0. The molecule has 0 fully saturated rings. The molecule has 1 atom stereocenters. The second kappa shape index (κ2) is 6.62. The molecule has 0 aromatic heterocycles. The van der Waals surface area contributed by atoms with Crippen molar-refractivity contribution in [1.82, 2.24) is 4.72 Å². The minimum Gasteiger partial charge on any atom is -0.368 e. The van der Waals surface area contributed by atoms with Gasteiger partial charge in [-0.3, -0.25) is 4.79 Å². The van der Waals surface area contributed by atoms with Gasteiger partial charge in [-0.2, -0.15) is 17.9 Å². The molecule has 0 unspecified atom stereocenters. The summed E-state index contributed by atoms with van der Waals surface area (Å²) in [5.41, 5.74) is 4.08. The highest BCUT2D eigenvalue weighted by Crippen LogP contribution is 2.34. The molecule has 0 aliphatic rings. The Morgan fingerprint density at radius 1 is 1.00 bits per heavy atom. The van der Waals surface area contributed by atoms with Gasteiger partial charge in [0.25, 0.3) is 0 Å². The number of halogens is 3. The zero-order valence-corrected chi connectivity index (χ0v) is 12.9. The summed E-state index contributed by atoms with van der Waals surface area (Å²) < 4.78 is 65.7. The standard InChI is InChI=1S/C15H13F3N2O3S/c16-15(17,18)11-8-4-5-9-12(11)24(22,23)20-13(14(19)21)10-6-2-1-3-7-10/h1-9,13,20H,(H2,19,21)/t13-/m1/s1. The van der Waals surface area contributed by atoms with Crippen LogP contribution >= 0.6 is 0 Å². The first-order valence-corrected chi connectivity index (χ1v) is 8.14. The van der Waals surface area contributed by atoms with Crippen molar-refractivity contribution in [2.75, 3.05) is 0 Å². The average molecular weight is 358 g/mol. The van der Waals surface area contributed by atoms with Crippen molar-refractivity contribution in [3.05, 3.63) is 65.7 Å². The van der Waals surface area contributed by atoms with Crippen LogP contribution in [0, 0.1) is 0 Å². The Bertz CT molecular complexity index is 837. The Morgan fingerprint density at radius 3 is 2.08 bits per heavy atom. The molecule has 24 heavy (non-hydrogen) atoms. The summed E-state index contributed by atoms with van der Waals surface area (Å²) in [6.45, 7) is 0. The first-order chi connectivity index (χ1) is 11.1. The number of benzene rings is 2. The van der Waals surface area contributed by atoms with Gasteiger partial charge in [-0.05, 0) is 17.7 Å². The van der Waals surface area contributed by atoms with Crippen molar-refractivity contribution in [1.29, 1.82) is 0 Å². The fourth-order valence-corrected chi connectivity index (χ4v) is 3.51. The van der Waals surface area contributed by atoms with Gasteiger partial charge in [-0.1, -0.05) is 42.5 Å². The van der Waals surface area contributed by atoms with Crippen molar-refractivity contribution in [3.63, 3.8) is 0 Å². The van der Waals surface area contributed by atoms with Crippen LogP contribution in [-0.2, 0) is 21.0 Å². The molecule has 128 valence electrons. The number of carbonyl (C=O) groups is 1. The highest BCUT2D eigenvalue weighted by Gasteiger charge is 2.38. The third-order valence-electron chi connectivity index (χ3n) is 3.17. The highest BCUT2D eigenvalue weighted by atomic mass is 32.2. The van der Waals surface area contributed by atoms with Crippen molar-refractivity contribution < 1.29 is 26.4 Å². The first-order valence-electron chi connectivity index (χ1n) is 6.66. The Hall–Kier alpha value is -2.39. The Morgan fingerprint density at radius 2 is 1.54 bits per heavy atom. The summed E-state index contributed by atoms with van der Waals surface area (Å²) in [7, 11) is -4.64. The van der Waals surface area contributed by atoms with E-state index < -0.39 is 38.6 Å². The van der Waals surface area contributed by atoms with Gasteiger partial charge in [0.15, 0.2) is 0 Å². The molecule has 2 aromatic rings. The lowest BCUT2D eigenvalue weighted by Crippen LogP contribution is -2.38.